The molecule has 0 aliphatic carbocycles. The quantitative estimate of drug-likeness (QED) is 0.172. The highest BCUT2D eigenvalue weighted by atomic mass is 19.4. The molecule has 0 saturated carbocycles. The van der Waals surface area contributed by atoms with Gasteiger partial charge in [0.05, 0.1) is 32.1 Å². The van der Waals surface area contributed by atoms with Crippen LogP contribution in [0.25, 0.3) is 22.3 Å². The molecule has 0 bridgehead atoms. The smallest absolute Gasteiger partial charge is 0.258 e. The van der Waals surface area contributed by atoms with E-state index in [0.717, 1.165) is 0 Å². The zero-order valence-electron chi connectivity index (χ0n) is 18.7. The fraction of sp³-hybridized carbons (Fsp3) is 0.182. The number of halogens is 12. The van der Waals surface area contributed by atoms with E-state index in [1.807, 2.05) is 0 Å². The average Bonchev–Trinajstić information content (AvgIpc) is 2.80. The summed E-state index contributed by atoms with van der Waals surface area (Å²) in [5.74, 6) is 0. The number of non-ortho nitro benzene ring substituents is 2. The third-order valence-electron chi connectivity index (χ3n) is 5.30. The van der Waals surface area contributed by atoms with Crippen molar-refractivity contribution in [1.82, 2.24) is 0 Å². The summed E-state index contributed by atoms with van der Waals surface area (Å²) in [7, 11) is 0. The molecule has 0 unspecified atom stereocenters. The summed E-state index contributed by atoms with van der Waals surface area (Å²) in [4.78, 5) is 19.3. The lowest BCUT2D eigenvalue weighted by molar-refractivity contribution is -0.385. The van der Waals surface area contributed by atoms with Crippen molar-refractivity contribution in [1.29, 1.82) is 0 Å². The molecule has 0 saturated heterocycles. The SMILES string of the molecule is O=[N+]([O-])c1cc(-c2cc(C(F)(F)F)c(-c3cc([N+](=O)[O-])cc(C(F)(F)F)c3)cc2C(F)(F)F)cc(C(F)(F)F)c1. The van der Waals surface area contributed by atoms with E-state index in [9.17, 15) is 72.9 Å². The summed E-state index contributed by atoms with van der Waals surface area (Å²) in [6.07, 6.45) is -22.1. The number of rotatable bonds is 4. The molecule has 0 heterocycles. The Morgan fingerprint density at radius 3 is 0.975 bits per heavy atom. The fourth-order valence-corrected chi connectivity index (χ4v) is 3.62. The lowest BCUT2D eigenvalue weighted by Gasteiger charge is -2.21. The van der Waals surface area contributed by atoms with Crippen molar-refractivity contribution >= 4 is 11.4 Å². The first-order valence-electron chi connectivity index (χ1n) is 10.1. The van der Waals surface area contributed by atoms with Crippen LogP contribution in [0.3, 0.4) is 0 Å². The van der Waals surface area contributed by atoms with Gasteiger partial charge in [0.1, 0.15) is 0 Å². The maximum atomic E-state index is 14.0. The van der Waals surface area contributed by atoms with Crippen LogP contribution in [-0.2, 0) is 24.7 Å². The number of hydrogen-bond acceptors (Lipinski definition) is 4. The first-order valence-corrected chi connectivity index (χ1v) is 10.1. The van der Waals surface area contributed by atoms with Crippen molar-refractivity contribution in [3.05, 3.63) is 91.0 Å². The highest BCUT2D eigenvalue weighted by Crippen LogP contribution is 2.48. The molecule has 0 aliphatic heterocycles. The standard InChI is InChI=1S/C22H8F12N2O4/c23-19(24,25)11-1-9(3-13(5-11)35(37)38)15-7-18(22(32,33)34)16(8-17(15)21(29,30)31)10-2-12(20(26,27)28)6-14(4-10)36(39)40/h1-8H. The van der Waals surface area contributed by atoms with E-state index in [1.165, 1.54) is 0 Å². The second kappa shape index (κ2) is 9.67. The third kappa shape index (κ3) is 6.26. The molecule has 0 amide bonds. The molecule has 0 aromatic heterocycles. The van der Waals surface area contributed by atoms with Gasteiger partial charge in [0.25, 0.3) is 11.4 Å². The summed E-state index contributed by atoms with van der Waals surface area (Å²) in [6, 6.07) is -0.690. The lowest BCUT2D eigenvalue weighted by atomic mass is 9.88. The van der Waals surface area contributed by atoms with Gasteiger partial charge in [-0.25, -0.2) is 0 Å². The van der Waals surface area contributed by atoms with E-state index in [-0.39, 0.29) is 48.5 Å². The molecule has 0 spiro atoms. The van der Waals surface area contributed by atoms with Gasteiger partial charge < -0.3 is 0 Å². The van der Waals surface area contributed by atoms with Crippen LogP contribution in [0.5, 0.6) is 0 Å². The van der Waals surface area contributed by atoms with Crippen LogP contribution in [-0.4, -0.2) is 9.85 Å². The Hall–Kier alpha value is -4.38. The number of benzene rings is 3. The molecular weight excluding hydrogens is 584 g/mol. The highest BCUT2D eigenvalue weighted by Gasteiger charge is 2.42. The Balaban J connectivity index is 2.52. The molecule has 3 aromatic rings. The maximum absolute atomic E-state index is 14.0. The number of nitro benzene ring substituents is 2. The average molecular weight is 592 g/mol. The first-order chi connectivity index (χ1) is 18.0. The van der Waals surface area contributed by atoms with Gasteiger partial charge in [0, 0.05) is 24.3 Å². The highest BCUT2D eigenvalue weighted by molar-refractivity contribution is 5.80. The minimum absolute atomic E-state index is 0.0719. The molecular formula is C22H8F12N2O4. The number of nitrogens with zero attached hydrogens (tertiary/aromatic N) is 2. The molecule has 3 rings (SSSR count). The van der Waals surface area contributed by atoms with Gasteiger partial charge in [-0.2, -0.15) is 52.7 Å². The molecule has 3 aromatic carbocycles. The van der Waals surface area contributed by atoms with Gasteiger partial charge in [-0.3, -0.25) is 20.2 Å². The summed E-state index contributed by atoms with van der Waals surface area (Å²) >= 11 is 0. The zero-order valence-corrected chi connectivity index (χ0v) is 18.7. The van der Waals surface area contributed by atoms with Gasteiger partial charge in [-0.1, -0.05) is 0 Å². The van der Waals surface area contributed by atoms with E-state index in [2.05, 4.69) is 0 Å². The van der Waals surface area contributed by atoms with E-state index in [1.54, 1.807) is 0 Å². The molecule has 214 valence electrons. The van der Waals surface area contributed by atoms with E-state index >= 15 is 0 Å². The lowest BCUT2D eigenvalue weighted by Crippen LogP contribution is -2.14. The topological polar surface area (TPSA) is 86.3 Å². The minimum atomic E-state index is -5.68. The number of nitro groups is 2. The van der Waals surface area contributed by atoms with Crippen LogP contribution >= 0.6 is 0 Å². The Labute approximate surface area is 212 Å². The predicted molar refractivity (Wildman–Crippen MR) is 111 cm³/mol. The normalized spacial score (nSPS) is 12.9. The molecule has 18 heteroatoms. The van der Waals surface area contributed by atoms with E-state index < -0.39 is 90.4 Å². The molecule has 6 nitrogen and oxygen atoms in total. The summed E-state index contributed by atoms with van der Waals surface area (Å²) < 4.78 is 164. The summed E-state index contributed by atoms with van der Waals surface area (Å²) in [6.45, 7) is 0. The predicted octanol–water partition coefficient (Wildman–Crippen LogP) is 8.91. The Kier molecular flexibility index (Phi) is 7.29. The molecule has 0 fully saturated rings. The van der Waals surface area contributed by atoms with Gasteiger partial charge in [0.15, 0.2) is 0 Å². The van der Waals surface area contributed by atoms with Gasteiger partial charge in [-0.15, -0.1) is 0 Å². The number of hydrogen-bond donors (Lipinski definition) is 0. The van der Waals surface area contributed by atoms with Crippen molar-refractivity contribution in [3.8, 4) is 22.3 Å². The molecule has 40 heavy (non-hydrogen) atoms. The fourth-order valence-electron chi connectivity index (χ4n) is 3.62. The first kappa shape index (κ1) is 30.2. The molecule has 0 aliphatic rings. The largest absolute Gasteiger partial charge is 0.417 e. The van der Waals surface area contributed by atoms with E-state index in [0.29, 0.717) is 0 Å². The molecule has 0 N–H and O–H groups in total. The second-order valence-electron chi connectivity index (χ2n) is 7.99. The Morgan fingerprint density at radius 1 is 0.450 bits per heavy atom. The van der Waals surface area contributed by atoms with Crippen LogP contribution in [0.15, 0.2) is 48.5 Å². The van der Waals surface area contributed by atoms with Crippen LogP contribution in [0, 0.1) is 20.2 Å². The minimum Gasteiger partial charge on any atom is -0.258 e. The van der Waals surface area contributed by atoms with Crippen molar-refractivity contribution in [3.63, 3.8) is 0 Å². The van der Waals surface area contributed by atoms with Crippen molar-refractivity contribution < 1.29 is 62.5 Å². The van der Waals surface area contributed by atoms with E-state index in [4.69, 9.17) is 0 Å². The van der Waals surface area contributed by atoms with Crippen LogP contribution < -0.4 is 0 Å². The zero-order chi connectivity index (χ0) is 30.6. The van der Waals surface area contributed by atoms with Gasteiger partial charge in [-0.05, 0) is 46.5 Å². The Bertz CT molecular complexity index is 1390. The van der Waals surface area contributed by atoms with Crippen molar-refractivity contribution in [2.24, 2.45) is 0 Å². The second-order valence-corrected chi connectivity index (χ2v) is 7.99. The Morgan fingerprint density at radius 2 is 0.750 bits per heavy atom. The van der Waals surface area contributed by atoms with Crippen LogP contribution in [0.2, 0.25) is 0 Å². The third-order valence-corrected chi connectivity index (χ3v) is 5.30. The van der Waals surface area contributed by atoms with Crippen LogP contribution in [0.1, 0.15) is 22.3 Å². The maximum Gasteiger partial charge on any atom is 0.417 e. The summed E-state index contributed by atoms with van der Waals surface area (Å²) in [5.41, 5.74) is -16.7. The molecule has 0 atom stereocenters. The monoisotopic (exact) mass is 592 g/mol. The van der Waals surface area contributed by atoms with Crippen LogP contribution in [0.4, 0.5) is 64.1 Å². The molecule has 0 radical (unpaired) electrons. The van der Waals surface area contributed by atoms with Gasteiger partial charge >= 0.3 is 24.7 Å². The van der Waals surface area contributed by atoms with Crippen molar-refractivity contribution in [2.45, 2.75) is 24.7 Å². The summed E-state index contributed by atoms with van der Waals surface area (Å²) in [5, 5.41) is 22.2. The van der Waals surface area contributed by atoms with Crippen molar-refractivity contribution in [2.75, 3.05) is 0 Å². The van der Waals surface area contributed by atoms with Gasteiger partial charge in [0.2, 0.25) is 0 Å². The number of alkyl halides is 12.